The van der Waals surface area contributed by atoms with Crippen LogP contribution in [-0.2, 0) is 14.8 Å². The van der Waals surface area contributed by atoms with Crippen LogP contribution >= 0.6 is 11.6 Å². The average molecular weight is 324 g/mol. The van der Waals surface area contributed by atoms with Gasteiger partial charge in [-0.1, -0.05) is 25.4 Å². The van der Waals surface area contributed by atoms with Crippen molar-refractivity contribution in [3.05, 3.63) is 23.0 Å². The molecule has 1 amide bonds. The molecule has 0 aliphatic rings. The van der Waals surface area contributed by atoms with Gasteiger partial charge in [-0.2, -0.15) is 4.72 Å². The van der Waals surface area contributed by atoms with Crippen molar-refractivity contribution in [3.63, 3.8) is 0 Å². The summed E-state index contributed by atoms with van der Waals surface area (Å²) in [7, 11) is -4.32. The van der Waals surface area contributed by atoms with Crippen molar-refractivity contribution in [2.24, 2.45) is 11.7 Å². The Balaban J connectivity index is 3.27. The predicted octanol–water partition coefficient (Wildman–Crippen LogP) is 0.850. The third kappa shape index (κ3) is 3.59. The molecule has 112 valence electrons. The fraction of sp³-hybridized carbons (Fsp3) is 0.364. The van der Waals surface area contributed by atoms with E-state index in [2.05, 4.69) is 0 Å². The van der Waals surface area contributed by atoms with E-state index in [0.717, 1.165) is 12.1 Å². The fourth-order valence-corrected chi connectivity index (χ4v) is 3.31. The Labute approximate surface area is 121 Å². The Morgan fingerprint density at radius 1 is 1.40 bits per heavy atom. The zero-order valence-corrected chi connectivity index (χ0v) is 12.4. The number of benzene rings is 1. The molecule has 0 saturated heterocycles. The first-order chi connectivity index (χ1) is 9.06. The van der Waals surface area contributed by atoms with Crippen LogP contribution < -0.4 is 16.2 Å². The second-order valence-corrected chi connectivity index (χ2v) is 6.67. The van der Waals surface area contributed by atoms with Crippen molar-refractivity contribution < 1.29 is 17.6 Å². The molecule has 0 bridgehead atoms. The highest BCUT2D eigenvalue weighted by Gasteiger charge is 2.29. The number of hydrogen-bond acceptors (Lipinski definition) is 4. The van der Waals surface area contributed by atoms with Crippen LogP contribution in [0, 0.1) is 11.7 Å². The van der Waals surface area contributed by atoms with Crippen LogP contribution in [0.2, 0.25) is 5.02 Å². The SMILES string of the molecule is CC(C)C(NS(=O)(=O)c1cc(Cl)cc(N)c1F)C(N)=O. The number of hydrogen-bond donors (Lipinski definition) is 3. The molecule has 0 heterocycles. The third-order valence-corrected chi connectivity index (χ3v) is 4.24. The Bertz CT molecular complexity index is 634. The van der Waals surface area contributed by atoms with E-state index >= 15 is 0 Å². The van der Waals surface area contributed by atoms with Gasteiger partial charge in [-0.15, -0.1) is 0 Å². The second kappa shape index (κ2) is 5.94. The molecular weight excluding hydrogens is 309 g/mol. The van der Waals surface area contributed by atoms with Crippen LogP contribution in [0.1, 0.15) is 13.8 Å². The van der Waals surface area contributed by atoms with Gasteiger partial charge in [0, 0.05) is 5.02 Å². The number of sulfonamides is 1. The Hall–Kier alpha value is -1.38. The van der Waals surface area contributed by atoms with E-state index < -0.39 is 44.3 Å². The summed E-state index contributed by atoms with van der Waals surface area (Å²) >= 11 is 5.66. The number of nitrogens with one attached hydrogen (secondary N) is 1. The predicted molar refractivity (Wildman–Crippen MR) is 74.0 cm³/mol. The maximum atomic E-state index is 13.8. The molecule has 0 aromatic heterocycles. The maximum Gasteiger partial charge on any atom is 0.244 e. The number of anilines is 1. The van der Waals surface area contributed by atoms with Crippen molar-refractivity contribution in [3.8, 4) is 0 Å². The van der Waals surface area contributed by atoms with Crippen molar-refractivity contribution in [1.82, 2.24) is 4.72 Å². The van der Waals surface area contributed by atoms with Gasteiger partial charge in [0.1, 0.15) is 10.9 Å². The summed E-state index contributed by atoms with van der Waals surface area (Å²) in [5.74, 6) is -2.39. The molecule has 0 saturated carbocycles. The minimum atomic E-state index is -4.32. The third-order valence-electron chi connectivity index (χ3n) is 2.58. The van der Waals surface area contributed by atoms with E-state index in [9.17, 15) is 17.6 Å². The van der Waals surface area contributed by atoms with Crippen molar-refractivity contribution in [2.75, 3.05) is 5.73 Å². The molecule has 1 aromatic carbocycles. The molecule has 0 aliphatic carbocycles. The highest BCUT2D eigenvalue weighted by molar-refractivity contribution is 7.89. The molecule has 5 N–H and O–H groups in total. The van der Waals surface area contributed by atoms with Gasteiger partial charge in [-0.05, 0) is 18.1 Å². The average Bonchev–Trinajstić information content (AvgIpc) is 2.30. The molecule has 0 fully saturated rings. The molecule has 1 atom stereocenters. The number of carbonyl (C=O) groups is 1. The Morgan fingerprint density at radius 3 is 2.40 bits per heavy atom. The van der Waals surface area contributed by atoms with E-state index in [4.69, 9.17) is 23.1 Å². The van der Waals surface area contributed by atoms with Crippen molar-refractivity contribution in [2.45, 2.75) is 24.8 Å². The number of nitrogen functional groups attached to an aromatic ring is 1. The topological polar surface area (TPSA) is 115 Å². The smallest absolute Gasteiger partial charge is 0.244 e. The zero-order chi connectivity index (χ0) is 15.7. The number of nitrogens with two attached hydrogens (primary N) is 2. The molecular formula is C11H15ClFN3O3S. The minimum Gasteiger partial charge on any atom is -0.396 e. The Morgan fingerprint density at radius 2 is 1.95 bits per heavy atom. The van der Waals surface area contributed by atoms with Crippen LogP contribution in [0.4, 0.5) is 10.1 Å². The lowest BCUT2D eigenvalue weighted by atomic mass is 10.1. The van der Waals surface area contributed by atoms with Crippen LogP contribution in [0.15, 0.2) is 17.0 Å². The molecule has 0 radical (unpaired) electrons. The molecule has 0 aliphatic heterocycles. The van der Waals surface area contributed by atoms with Gasteiger partial charge in [0.15, 0.2) is 5.82 Å². The normalized spacial score (nSPS) is 13.4. The van der Waals surface area contributed by atoms with Crippen molar-refractivity contribution >= 4 is 33.2 Å². The largest absolute Gasteiger partial charge is 0.396 e. The lowest BCUT2D eigenvalue weighted by molar-refractivity contribution is -0.120. The maximum absolute atomic E-state index is 13.8. The van der Waals surface area contributed by atoms with E-state index in [-0.39, 0.29) is 5.02 Å². The monoisotopic (exact) mass is 323 g/mol. The number of amides is 1. The number of halogens is 2. The summed E-state index contributed by atoms with van der Waals surface area (Å²) in [5, 5.41) is -0.0375. The van der Waals surface area contributed by atoms with Crippen LogP contribution in [0.25, 0.3) is 0 Å². The quantitative estimate of drug-likeness (QED) is 0.696. The first-order valence-electron chi connectivity index (χ1n) is 5.62. The van der Waals surface area contributed by atoms with Crippen LogP contribution in [-0.4, -0.2) is 20.4 Å². The lowest BCUT2D eigenvalue weighted by Gasteiger charge is -2.19. The van der Waals surface area contributed by atoms with Gasteiger partial charge in [-0.25, -0.2) is 12.8 Å². The van der Waals surface area contributed by atoms with E-state index in [0.29, 0.717) is 0 Å². The summed E-state index contributed by atoms with van der Waals surface area (Å²) in [6.07, 6.45) is 0. The molecule has 20 heavy (non-hydrogen) atoms. The second-order valence-electron chi connectivity index (χ2n) is 4.55. The number of carbonyl (C=O) groups excluding carboxylic acids is 1. The van der Waals surface area contributed by atoms with E-state index in [1.165, 1.54) is 0 Å². The summed E-state index contributed by atoms with van der Waals surface area (Å²) in [5.41, 5.74) is 10.0. The number of primary amides is 1. The summed E-state index contributed by atoms with van der Waals surface area (Å²) in [4.78, 5) is 10.5. The highest BCUT2D eigenvalue weighted by Crippen LogP contribution is 2.25. The molecule has 9 heteroatoms. The van der Waals surface area contributed by atoms with Crippen molar-refractivity contribution in [1.29, 1.82) is 0 Å². The summed E-state index contributed by atoms with van der Waals surface area (Å²) in [6.45, 7) is 3.20. The Kier molecular flexibility index (Phi) is 4.95. The first-order valence-corrected chi connectivity index (χ1v) is 7.48. The van der Waals surface area contributed by atoms with Crippen LogP contribution in [0.3, 0.4) is 0 Å². The van der Waals surface area contributed by atoms with Gasteiger partial charge < -0.3 is 11.5 Å². The highest BCUT2D eigenvalue weighted by atomic mass is 35.5. The molecule has 0 spiro atoms. The van der Waals surface area contributed by atoms with Gasteiger partial charge in [0.2, 0.25) is 15.9 Å². The minimum absolute atomic E-state index is 0.0375. The van der Waals surface area contributed by atoms with E-state index in [1.54, 1.807) is 13.8 Å². The van der Waals surface area contributed by atoms with Gasteiger partial charge in [0.05, 0.1) is 5.69 Å². The van der Waals surface area contributed by atoms with E-state index in [1.807, 2.05) is 4.72 Å². The lowest BCUT2D eigenvalue weighted by Crippen LogP contribution is -2.47. The first kappa shape index (κ1) is 16.7. The molecule has 6 nitrogen and oxygen atoms in total. The molecule has 1 rings (SSSR count). The molecule has 1 unspecified atom stereocenters. The molecule has 1 aromatic rings. The summed E-state index contributed by atoms with van der Waals surface area (Å²) < 4.78 is 40.1. The van der Waals surface area contributed by atoms with Crippen LogP contribution in [0.5, 0.6) is 0 Å². The zero-order valence-electron chi connectivity index (χ0n) is 10.9. The van der Waals surface area contributed by atoms with Gasteiger partial charge in [0.25, 0.3) is 0 Å². The van der Waals surface area contributed by atoms with Gasteiger partial charge >= 0.3 is 0 Å². The standard InChI is InChI=1S/C11H15ClFN3O3S/c1-5(2)10(11(15)17)16-20(18,19)8-4-6(12)3-7(14)9(8)13/h3-5,10,16H,14H2,1-2H3,(H2,15,17). The summed E-state index contributed by atoms with van der Waals surface area (Å²) in [6, 6.07) is 0.831. The van der Waals surface area contributed by atoms with Gasteiger partial charge in [-0.3, -0.25) is 4.79 Å². The number of rotatable bonds is 5. The fourth-order valence-electron chi connectivity index (χ4n) is 1.53.